The van der Waals surface area contributed by atoms with E-state index in [9.17, 15) is 0 Å². The predicted molar refractivity (Wildman–Crippen MR) is 321 cm³/mol. The summed E-state index contributed by atoms with van der Waals surface area (Å²) in [4.78, 5) is 9.62. The van der Waals surface area contributed by atoms with Crippen molar-refractivity contribution in [1.82, 2.24) is 0 Å². The van der Waals surface area contributed by atoms with Crippen LogP contribution in [0.5, 0.6) is 34.5 Å². The molecule has 14 nitrogen and oxygen atoms in total. The Morgan fingerprint density at radius 2 is 0.701 bits per heavy atom. The van der Waals surface area contributed by atoms with Gasteiger partial charge in [-0.25, -0.2) is 0 Å². The van der Waals surface area contributed by atoms with E-state index in [-0.39, 0.29) is 12.2 Å². The largest absolute Gasteiger partial charge is 0.493 e. The molecule has 2 atom stereocenters. The number of unbranched alkanes of at least 4 members (excludes halogenated alkanes) is 2. The van der Waals surface area contributed by atoms with E-state index in [1.54, 1.807) is 52.5 Å². The number of aryl methyl sites for hydroxylation is 8. The lowest BCUT2D eigenvalue weighted by atomic mass is 10.3. The molecule has 77 heavy (non-hydrogen) atoms. The van der Waals surface area contributed by atoms with Crippen molar-refractivity contribution in [1.29, 1.82) is 0 Å². The topological polar surface area (TPSA) is 129 Å². The zero-order valence-electron chi connectivity index (χ0n) is 50.3. The van der Waals surface area contributed by atoms with Crippen LogP contribution in [-0.2, 0) is 37.9 Å². The van der Waals surface area contributed by atoms with Gasteiger partial charge >= 0.3 is 0 Å². The Bertz CT molecular complexity index is 1910. The van der Waals surface area contributed by atoms with Crippen molar-refractivity contribution in [2.45, 2.75) is 155 Å². The first-order valence-electron chi connectivity index (χ1n) is 27.9. The third-order valence-electron chi connectivity index (χ3n) is 10.5. The SMILES string of the molecule is CCCCOCCOCCOc1c(C)sc(C)c1OCCOCCOCCCC.CCCOCC(C)Oc1c(C)sc(C)c1OC(C)COCCC.CCOc1cc(C)sc1C.COCCOCCOc1cc(C)sc1C. The molecule has 0 N–H and O–H groups in total. The van der Waals surface area contributed by atoms with Crippen molar-refractivity contribution in [3.05, 3.63) is 51.1 Å². The summed E-state index contributed by atoms with van der Waals surface area (Å²) in [5, 5.41) is 0. The van der Waals surface area contributed by atoms with E-state index in [2.05, 4.69) is 81.4 Å². The average molecular weight is 1160 g/mol. The van der Waals surface area contributed by atoms with Gasteiger partial charge in [-0.15, -0.1) is 45.3 Å². The Balaban J connectivity index is 0.000000547. The maximum absolute atomic E-state index is 6.09. The van der Waals surface area contributed by atoms with E-state index >= 15 is 0 Å². The summed E-state index contributed by atoms with van der Waals surface area (Å²) in [6, 6.07) is 4.15. The molecular formula is C59H102O14S4. The first-order valence-corrected chi connectivity index (χ1v) is 31.1. The molecule has 0 amide bonds. The summed E-state index contributed by atoms with van der Waals surface area (Å²) in [6.45, 7) is 43.2. The first kappa shape index (κ1) is 72.3. The van der Waals surface area contributed by atoms with E-state index in [0.29, 0.717) is 92.5 Å². The van der Waals surface area contributed by atoms with Gasteiger partial charge in [-0.05, 0) is 114 Å². The van der Waals surface area contributed by atoms with Crippen LogP contribution in [0.25, 0.3) is 0 Å². The molecule has 4 aromatic rings. The summed E-state index contributed by atoms with van der Waals surface area (Å²) in [7, 11) is 1.66. The molecule has 0 aliphatic rings. The second kappa shape index (κ2) is 47.0. The summed E-state index contributed by atoms with van der Waals surface area (Å²) < 4.78 is 78.4. The third kappa shape index (κ3) is 34.2. The highest BCUT2D eigenvalue weighted by Crippen LogP contribution is 2.43. The van der Waals surface area contributed by atoms with Crippen molar-refractivity contribution in [2.24, 2.45) is 0 Å². The molecule has 4 aromatic heterocycles. The van der Waals surface area contributed by atoms with Gasteiger partial charge in [0, 0.05) is 72.6 Å². The normalized spacial score (nSPS) is 11.7. The Kier molecular flexibility index (Phi) is 44.1. The van der Waals surface area contributed by atoms with Gasteiger partial charge in [0.25, 0.3) is 0 Å². The summed E-state index contributed by atoms with van der Waals surface area (Å²) in [5.41, 5.74) is 0. The van der Waals surface area contributed by atoms with Crippen molar-refractivity contribution in [3.63, 3.8) is 0 Å². The van der Waals surface area contributed by atoms with Crippen LogP contribution in [0.4, 0.5) is 0 Å². The standard InChI is InChI=1S/C22H40O6S.C18H32O4S.C11H18O3S.C8H12OS/c1-5-7-9-23-11-13-25-15-17-27-21-19(3)29-20(4)22(21)28-18-16-26-14-12-24-10-8-6-2;1-7-9-19-11-13(3)21-17-15(5)23-16(6)18(17)22-14(4)12-20-10-8-2;1-9-8-11(10(2)15-9)14-7-6-13-5-4-12-3;1-4-9-8-5-6(2)10-7(8)3/h5-18H2,1-4H3;13-14H,7-12H2,1-6H3;8H,4-7H2,1-3H3;5H,4H2,1-3H3. The van der Waals surface area contributed by atoms with E-state index in [0.717, 1.165) is 126 Å². The molecule has 0 aliphatic heterocycles. The molecule has 0 bridgehead atoms. The fourth-order valence-electron chi connectivity index (χ4n) is 6.80. The van der Waals surface area contributed by atoms with Gasteiger partial charge in [-0.3, -0.25) is 0 Å². The van der Waals surface area contributed by atoms with E-state index in [4.69, 9.17) is 66.3 Å². The zero-order chi connectivity index (χ0) is 57.1. The molecule has 0 fully saturated rings. The number of rotatable bonds is 41. The van der Waals surface area contributed by atoms with Crippen molar-refractivity contribution >= 4 is 45.3 Å². The number of thiophene rings is 4. The summed E-state index contributed by atoms with van der Waals surface area (Å²) in [5.74, 6) is 5.36. The Morgan fingerprint density at radius 3 is 1.05 bits per heavy atom. The third-order valence-corrected chi connectivity index (χ3v) is 14.4. The van der Waals surface area contributed by atoms with E-state index in [1.165, 1.54) is 19.5 Å². The van der Waals surface area contributed by atoms with Crippen LogP contribution in [0.2, 0.25) is 0 Å². The van der Waals surface area contributed by atoms with E-state index in [1.807, 2.05) is 34.6 Å². The molecule has 0 spiro atoms. The summed E-state index contributed by atoms with van der Waals surface area (Å²) in [6.07, 6.45) is 6.54. The van der Waals surface area contributed by atoms with Crippen LogP contribution < -0.4 is 28.4 Å². The Hall–Kier alpha value is -2.72. The van der Waals surface area contributed by atoms with Gasteiger partial charge in [0.1, 0.15) is 43.5 Å². The van der Waals surface area contributed by atoms with Crippen molar-refractivity contribution in [2.75, 3.05) is 133 Å². The maximum atomic E-state index is 6.09. The molecule has 0 aromatic carbocycles. The van der Waals surface area contributed by atoms with Gasteiger partial charge in [0.05, 0.1) is 79.3 Å². The number of ether oxygens (including phenoxy) is 14. The van der Waals surface area contributed by atoms with Gasteiger partial charge < -0.3 is 66.3 Å². The lowest BCUT2D eigenvalue weighted by molar-refractivity contribution is 0.0324. The highest BCUT2D eigenvalue weighted by Gasteiger charge is 2.21. The highest BCUT2D eigenvalue weighted by molar-refractivity contribution is 7.13. The number of hydrogen-bond acceptors (Lipinski definition) is 18. The molecule has 0 saturated carbocycles. The Labute approximate surface area is 481 Å². The zero-order valence-corrected chi connectivity index (χ0v) is 53.6. The van der Waals surface area contributed by atoms with Crippen LogP contribution in [0, 0.1) is 55.4 Å². The minimum absolute atomic E-state index is 0.00301. The highest BCUT2D eigenvalue weighted by atomic mass is 32.1. The Morgan fingerprint density at radius 1 is 0.351 bits per heavy atom. The van der Waals surface area contributed by atoms with Crippen molar-refractivity contribution < 1.29 is 66.3 Å². The van der Waals surface area contributed by atoms with Gasteiger partial charge in [0.2, 0.25) is 0 Å². The second-order valence-corrected chi connectivity index (χ2v) is 23.8. The molecule has 4 rings (SSSR count). The first-order chi connectivity index (χ1) is 37.2. The average Bonchev–Trinajstić information content (AvgIpc) is 4.07. The van der Waals surface area contributed by atoms with Gasteiger partial charge in [-0.2, -0.15) is 0 Å². The van der Waals surface area contributed by atoms with Crippen LogP contribution in [0.1, 0.15) is 126 Å². The maximum Gasteiger partial charge on any atom is 0.175 e. The second-order valence-electron chi connectivity index (χ2n) is 18.0. The lowest BCUT2D eigenvalue weighted by Gasteiger charge is -2.19. The lowest BCUT2D eigenvalue weighted by Crippen LogP contribution is -2.22. The quantitative estimate of drug-likeness (QED) is 0.0391. The number of methoxy groups -OCH3 is 1. The predicted octanol–water partition coefficient (Wildman–Crippen LogP) is 14.7. The molecule has 446 valence electrons. The van der Waals surface area contributed by atoms with Crippen LogP contribution in [0.3, 0.4) is 0 Å². The van der Waals surface area contributed by atoms with Gasteiger partial charge in [-0.1, -0.05) is 40.5 Å². The fourth-order valence-corrected chi connectivity index (χ4v) is 10.4. The molecule has 0 aliphatic carbocycles. The molecule has 0 saturated heterocycles. The molecule has 0 radical (unpaired) electrons. The van der Waals surface area contributed by atoms with Gasteiger partial charge in [0.15, 0.2) is 23.0 Å². The van der Waals surface area contributed by atoms with E-state index < -0.39 is 0 Å². The monoisotopic (exact) mass is 1160 g/mol. The smallest absolute Gasteiger partial charge is 0.175 e. The molecule has 2 unspecified atom stereocenters. The minimum Gasteiger partial charge on any atom is -0.493 e. The molecule has 4 heterocycles. The summed E-state index contributed by atoms with van der Waals surface area (Å²) >= 11 is 6.93. The van der Waals surface area contributed by atoms with Crippen molar-refractivity contribution in [3.8, 4) is 34.5 Å². The number of hydrogen-bond donors (Lipinski definition) is 0. The molecular weight excluding hydrogens is 1060 g/mol. The minimum atomic E-state index is 0.00301. The van der Waals surface area contributed by atoms with Crippen LogP contribution in [-0.4, -0.2) is 145 Å². The fraction of sp³-hybridized carbons (Fsp3) is 0.729. The molecule has 18 heteroatoms. The van der Waals surface area contributed by atoms with Crippen LogP contribution in [0.15, 0.2) is 12.1 Å². The van der Waals surface area contributed by atoms with Crippen LogP contribution >= 0.6 is 45.3 Å².